The summed E-state index contributed by atoms with van der Waals surface area (Å²) in [7, 11) is 0. The lowest BCUT2D eigenvalue weighted by atomic mass is 10.1. The first-order chi connectivity index (χ1) is 13.0. The largest absolute Gasteiger partial charge is 0.362 e. The molecule has 0 spiro atoms. The molecule has 2 N–H and O–H groups in total. The van der Waals surface area contributed by atoms with Crippen LogP contribution in [0.1, 0.15) is 22.5 Å². The van der Waals surface area contributed by atoms with E-state index in [1.165, 1.54) is 17.7 Å². The normalized spacial score (nSPS) is 10.6. The van der Waals surface area contributed by atoms with Crippen molar-refractivity contribution in [1.82, 2.24) is 15.1 Å². The molecule has 0 saturated carbocycles. The molecule has 0 aliphatic rings. The summed E-state index contributed by atoms with van der Waals surface area (Å²) in [6.45, 7) is 5.18. The molecule has 3 aromatic rings. The number of rotatable bonds is 6. The molecule has 2 aromatic carbocycles. The Morgan fingerprint density at radius 3 is 2.56 bits per heavy atom. The lowest BCUT2D eigenvalue weighted by Gasteiger charge is -2.11. The molecule has 140 valence electrons. The van der Waals surface area contributed by atoms with Gasteiger partial charge in [-0.25, -0.2) is 4.39 Å². The van der Waals surface area contributed by atoms with Crippen LogP contribution in [-0.2, 0) is 13.0 Å². The molecule has 0 radical (unpaired) electrons. The van der Waals surface area contributed by atoms with Crippen LogP contribution < -0.4 is 10.6 Å². The van der Waals surface area contributed by atoms with Crippen LogP contribution in [0.5, 0.6) is 0 Å². The van der Waals surface area contributed by atoms with Crippen molar-refractivity contribution in [2.75, 3.05) is 11.9 Å². The minimum absolute atomic E-state index is 0.240. The monoisotopic (exact) mass is 382 g/mol. The van der Waals surface area contributed by atoms with Crippen LogP contribution in [0.4, 0.5) is 10.1 Å². The maximum absolute atomic E-state index is 13.4. The van der Waals surface area contributed by atoms with Crippen LogP contribution >= 0.6 is 12.2 Å². The van der Waals surface area contributed by atoms with Crippen LogP contribution in [-0.4, -0.2) is 21.4 Å². The van der Waals surface area contributed by atoms with Gasteiger partial charge in [0.05, 0.1) is 23.6 Å². The molecule has 1 heterocycles. The summed E-state index contributed by atoms with van der Waals surface area (Å²) < 4.78 is 15.3. The fourth-order valence-corrected chi connectivity index (χ4v) is 3.17. The molecule has 4 nitrogen and oxygen atoms in total. The van der Waals surface area contributed by atoms with Crippen molar-refractivity contribution in [3.8, 4) is 0 Å². The Balaban J connectivity index is 1.59. The quantitative estimate of drug-likeness (QED) is 0.627. The number of thiocarbonyl (C=S) groups is 1. The van der Waals surface area contributed by atoms with Crippen molar-refractivity contribution in [3.63, 3.8) is 0 Å². The first-order valence-corrected chi connectivity index (χ1v) is 9.31. The van der Waals surface area contributed by atoms with Gasteiger partial charge in [0, 0.05) is 6.54 Å². The third-order valence-corrected chi connectivity index (χ3v) is 4.63. The molecule has 0 atom stereocenters. The molecule has 3 rings (SSSR count). The van der Waals surface area contributed by atoms with Crippen LogP contribution in [0.3, 0.4) is 0 Å². The summed E-state index contributed by atoms with van der Waals surface area (Å²) >= 11 is 5.42. The summed E-state index contributed by atoms with van der Waals surface area (Å²) in [5.41, 5.74) is 4.85. The van der Waals surface area contributed by atoms with Crippen LogP contribution in [0.15, 0.2) is 54.6 Å². The molecule has 0 amide bonds. The van der Waals surface area contributed by atoms with Gasteiger partial charge in [0.15, 0.2) is 5.11 Å². The molecule has 27 heavy (non-hydrogen) atoms. The summed E-state index contributed by atoms with van der Waals surface area (Å²) in [5, 5.41) is 11.6. The van der Waals surface area contributed by atoms with Crippen molar-refractivity contribution >= 4 is 23.0 Å². The van der Waals surface area contributed by atoms with Crippen LogP contribution in [0.2, 0.25) is 0 Å². The Morgan fingerprint density at radius 2 is 1.81 bits per heavy atom. The lowest BCUT2D eigenvalue weighted by Crippen LogP contribution is -2.30. The number of hydrogen-bond donors (Lipinski definition) is 2. The predicted molar refractivity (Wildman–Crippen MR) is 112 cm³/mol. The second-order valence-corrected chi connectivity index (χ2v) is 6.86. The van der Waals surface area contributed by atoms with Gasteiger partial charge in [-0.1, -0.05) is 42.5 Å². The molecular formula is C21H23FN4S. The van der Waals surface area contributed by atoms with Gasteiger partial charge < -0.3 is 10.6 Å². The second kappa shape index (κ2) is 8.77. The Bertz CT molecular complexity index is 921. The van der Waals surface area contributed by atoms with Gasteiger partial charge in [0.2, 0.25) is 0 Å². The molecule has 0 bridgehead atoms. The Labute approximate surface area is 164 Å². The summed E-state index contributed by atoms with van der Waals surface area (Å²) in [6, 6.07) is 16.8. The molecular weight excluding hydrogens is 359 g/mol. The van der Waals surface area contributed by atoms with E-state index in [-0.39, 0.29) is 5.82 Å². The number of nitrogens with zero attached hydrogens (tertiary/aromatic N) is 2. The van der Waals surface area contributed by atoms with Gasteiger partial charge in [-0.05, 0) is 55.7 Å². The number of nitrogens with one attached hydrogen (secondary N) is 2. The van der Waals surface area contributed by atoms with Gasteiger partial charge in [-0.15, -0.1) is 0 Å². The number of aromatic nitrogens is 2. The highest BCUT2D eigenvalue weighted by Gasteiger charge is 2.13. The van der Waals surface area contributed by atoms with E-state index in [0.29, 0.717) is 11.7 Å². The van der Waals surface area contributed by atoms with E-state index in [4.69, 9.17) is 12.2 Å². The van der Waals surface area contributed by atoms with Crippen LogP contribution in [0, 0.1) is 19.7 Å². The Kier molecular flexibility index (Phi) is 6.19. The predicted octanol–water partition coefficient (Wildman–Crippen LogP) is 4.22. The minimum atomic E-state index is -0.240. The van der Waals surface area contributed by atoms with Gasteiger partial charge in [-0.2, -0.15) is 5.10 Å². The zero-order valence-corrected chi connectivity index (χ0v) is 16.3. The highest BCUT2D eigenvalue weighted by atomic mass is 32.1. The first-order valence-electron chi connectivity index (χ1n) is 8.90. The standard InChI is InChI=1S/C21H23FN4S/c1-15-20(24-21(27)23-12-11-17-7-4-3-5-8-17)16(2)26(25-15)14-18-9-6-10-19(22)13-18/h3-10,13H,11-12,14H2,1-2H3,(H2,23,24,27). The maximum Gasteiger partial charge on any atom is 0.170 e. The Morgan fingerprint density at radius 1 is 1.07 bits per heavy atom. The third-order valence-electron chi connectivity index (χ3n) is 4.38. The van der Waals surface area contributed by atoms with Gasteiger partial charge in [0.25, 0.3) is 0 Å². The zero-order valence-electron chi connectivity index (χ0n) is 15.5. The summed E-state index contributed by atoms with van der Waals surface area (Å²) in [6.07, 6.45) is 0.902. The zero-order chi connectivity index (χ0) is 19.2. The molecule has 6 heteroatoms. The van der Waals surface area contributed by atoms with Crippen LogP contribution in [0.25, 0.3) is 0 Å². The summed E-state index contributed by atoms with van der Waals surface area (Å²) in [5.74, 6) is -0.240. The van der Waals surface area contributed by atoms with Crippen molar-refractivity contribution < 1.29 is 4.39 Å². The minimum Gasteiger partial charge on any atom is -0.362 e. The van der Waals surface area contributed by atoms with Gasteiger partial charge in [-0.3, -0.25) is 4.68 Å². The number of aryl methyl sites for hydroxylation is 1. The van der Waals surface area contributed by atoms with E-state index < -0.39 is 0 Å². The highest BCUT2D eigenvalue weighted by molar-refractivity contribution is 7.80. The van der Waals surface area contributed by atoms with Crippen molar-refractivity contribution in [2.45, 2.75) is 26.8 Å². The second-order valence-electron chi connectivity index (χ2n) is 6.45. The number of halogens is 1. The van der Waals surface area contributed by atoms with E-state index >= 15 is 0 Å². The van der Waals surface area contributed by atoms with E-state index in [1.54, 1.807) is 6.07 Å². The van der Waals surface area contributed by atoms with Gasteiger partial charge in [0.1, 0.15) is 5.82 Å². The maximum atomic E-state index is 13.4. The van der Waals surface area contributed by atoms with Crippen molar-refractivity contribution in [3.05, 3.63) is 82.9 Å². The van der Waals surface area contributed by atoms with Crippen molar-refractivity contribution in [2.24, 2.45) is 0 Å². The third kappa shape index (κ3) is 5.14. The molecule has 0 unspecified atom stereocenters. The topological polar surface area (TPSA) is 41.9 Å². The number of anilines is 1. The first kappa shape index (κ1) is 19.0. The number of hydrogen-bond acceptors (Lipinski definition) is 2. The van der Waals surface area contributed by atoms with Gasteiger partial charge >= 0.3 is 0 Å². The Hall–Kier alpha value is -2.73. The molecule has 0 saturated heterocycles. The van der Waals surface area contributed by atoms with E-state index in [2.05, 4.69) is 27.9 Å². The van der Waals surface area contributed by atoms with Crippen molar-refractivity contribution in [1.29, 1.82) is 0 Å². The fraction of sp³-hybridized carbons (Fsp3) is 0.238. The average Bonchev–Trinajstić information content (AvgIpc) is 2.90. The molecule has 0 aliphatic carbocycles. The number of benzene rings is 2. The SMILES string of the molecule is Cc1nn(Cc2cccc(F)c2)c(C)c1NC(=S)NCCc1ccccc1. The molecule has 0 fully saturated rings. The van der Waals surface area contributed by atoms with E-state index in [0.717, 1.165) is 35.6 Å². The lowest BCUT2D eigenvalue weighted by molar-refractivity contribution is 0.616. The highest BCUT2D eigenvalue weighted by Crippen LogP contribution is 2.20. The smallest absolute Gasteiger partial charge is 0.170 e. The van der Waals surface area contributed by atoms with E-state index in [1.807, 2.05) is 42.8 Å². The fourth-order valence-electron chi connectivity index (χ4n) is 2.96. The average molecular weight is 383 g/mol. The molecule has 1 aromatic heterocycles. The summed E-state index contributed by atoms with van der Waals surface area (Å²) in [4.78, 5) is 0. The molecule has 0 aliphatic heterocycles. The van der Waals surface area contributed by atoms with E-state index in [9.17, 15) is 4.39 Å².